The molecule has 2 N–H and O–H groups in total. The van der Waals surface area contributed by atoms with Gasteiger partial charge < -0.3 is 10.6 Å². The van der Waals surface area contributed by atoms with Gasteiger partial charge >= 0.3 is 0 Å². The van der Waals surface area contributed by atoms with Crippen LogP contribution in [0.5, 0.6) is 0 Å². The molecule has 0 saturated heterocycles. The molecule has 1 aromatic carbocycles. The zero-order chi connectivity index (χ0) is 17.7. The van der Waals surface area contributed by atoms with E-state index >= 15 is 0 Å². The second-order valence-electron chi connectivity index (χ2n) is 6.64. The van der Waals surface area contributed by atoms with Crippen molar-refractivity contribution in [3.05, 3.63) is 59.4 Å². The highest BCUT2D eigenvalue weighted by Gasteiger charge is 2.17. The average molecular weight is 325 g/mol. The minimum Gasteiger partial charge on any atom is -0.346 e. The fourth-order valence-corrected chi connectivity index (χ4v) is 2.13. The number of hydrogen-bond donors (Lipinski definition) is 2. The first kappa shape index (κ1) is 17.7. The minimum absolute atomic E-state index is 0.221. The van der Waals surface area contributed by atoms with Crippen LogP contribution in [0.15, 0.2) is 42.6 Å². The third-order valence-electron chi connectivity index (χ3n) is 3.36. The molecule has 24 heavy (non-hydrogen) atoms. The molecule has 0 atom stereocenters. The van der Waals surface area contributed by atoms with E-state index in [2.05, 4.69) is 22.5 Å². The number of aromatic nitrogens is 1. The summed E-state index contributed by atoms with van der Waals surface area (Å²) in [6, 6.07) is 10.8. The number of pyridine rings is 1. The van der Waals surface area contributed by atoms with Crippen molar-refractivity contribution < 1.29 is 9.59 Å². The summed E-state index contributed by atoms with van der Waals surface area (Å²) in [6.45, 7) is 7.75. The molecule has 0 radical (unpaired) electrons. The average Bonchev–Trinajstić information content (AvgIpc) is 2.54. The van der Waals surface area contributed by atoms with Gasteiger partial charge in [0.15, 0.2) is 0 Å². The van der Waals surface area contributed by atoms with Crippen LogP contribution in [0.25, 0.3) is 0 Å². The Morgan fingerprint density at radius 1 is 1.04 bits per heavy atom. The second-order valence-corrected chi connectivity index (χ2v) is 6.64. The maximum absolute atomic E-state index is 12.4. The Bertz CT molecular complexity index is 731. The van der Waals surface area contributed by atoms with E-state index in [1.54, 1.807) is 6.07 Å². The van der Waals surface area contributed by atoms with E-state index in [-0.39, 0.29) is 23.0 Å². The smallest absolute Gasteiger partial charge is 0.270 e. The van der Waals surface area contributed by atoms with Gasteiger partial charge in [0, 0.05) is 23.0 Å². The number of aryl methyl sites for hydroxylation is 1. The van der Waals surface area contributed by atoms with Crippen molar-refractivity contribution in [2.24, 2.45) is 0 Å². The van der Waals surface area contributed by atoms with Crippen LogP contribution in [0.2, 0.25) is 0 Å². The first-order chi connectivity index (χ1) is 11.3. The van der Waals surface area contributed by atoms with Gasteiger partial charge in [0.25, 0.3) is 11.8 Å². The highest BCUT2D eigenvalue weighted by molar-refractivity contribution is 6.05. The Labute approximate surface area is 142 Å². The lowest BCUT2D eigenvalue weighted by atomic mass is 10.1. The summed E-state index contributed by atoms with van der Waals surface area (Å²) in [5, 5.41) is 5.66. The number of amides is 2. The number of rotatable bonds is 4. The lowest BCUT2D eigenvalue weighted by Crippen LogP contribution is -2.41. The maximum Gasteiger partial charge on any atom is 0.270 e. The molecule has 0 aliphatic heterocycles. The molecular formula is C19H23N3O2. The number of nitrogens with one attached hydrogen (secondary N) is 2. The monoisotopic (exact) mass is 325 g/mol. The molecule has 0 aliphatic carbocycles. The Morgan fingerprint density at radius 2 is 1.71 bits per heavy atom. The molecule has 0 unspecified atom stereocenters. The largest absolute Gasteiger partial charge is 0.346 e. The van der Waals surface area contributed by atoms with Gasteiger partial charge in [-0.15, -0.1) is 0 Å². The highest BCUT2D eigenvalue weighted by atomic mass is 16.2. The number of hydrogen-bond acceptors (Lipinski definition) is 3. The van der Waals surface area contributed by atoms with E-state index in [0.29, 0.717) is 5.56 Å². The van der Waals surface area contributed by atoms with Crippen LogP contribution >= 0.6 is 0 Å². The molecule has 5 heteroatoms. The van der Waals surface area contributed by atoms with Gasteiger partial charge in [-0.05, 0) is 57.0 Å². The van der Waals surface area contributed by atoms with E-state index in [0.717, 1.165) is 12.1 Å². The number of benzene rings is 1. The van der Waals surface area contributed by atoms with Crippen LogP contribution < -0.4 is 10.6 Å². The van der Waals surface area contributed by atoms with Crippen molar-refractivity contribution in [3.63, 3.8) is 0 Å². The van der Waals surface area contributed by atoms with Gasteiger partial charge in [-0.1, -0.05) is 19.1 Å². The van der Waals surface area contributed by atoms with Crippen LogP contribution in [0, 0.1) is 0 Å². The summed E-state index contributed by atoms with van der Waals surface area (Å²) in [5.41, 5.74) is 2.17. The first-order valence-corrected chi connectivity index (χ1v) is 7.97. The fraction of sp³-hybridized carbons (Fsp3) is 0.316. The minimum atomic E-state index is -0.363. The van der Waals surface area contributed by atoms with Crippen LogP contribution in [-0.4, -0.2) is 22.3 Å². The predicted molar refractivity (Wildman–Crippen MR) is 95.2 cm³/mol. The molecule has 0 saturated carbocycles. The Hall–Kier alpha value is -2.69. The quantitative estimate of drug-likeness (QED) is 0.905. The summed E-state index contributed by atoms with van der Waals surface area (Å²) in [7, 11) is 0. The molecule has 5 nitrogen and oxygen atoms in total. The summed E-state index contributed by atoms with van der Waals surface area (Å²) in [4.78, 5) is 28.6. The highest BCUT2D eigenvalue weighted by Crippen LogP contribution is 2.12. The standard InChI is InChI=1S/C19H23N3O2/c1-5-13-6-8-15(9-7-13)21-17(23)14-10-11-20-16(12-14)18(24)22-19(2,3)4/h6-12H,5H2,1-4H3,(H,21,23)(H,22,24). The zero-order valence-corrected chi connectivity index (χ0v) is 14.5. The third-order valence-corrected chi connectivity index (χ3v) is 3.36. The van der Waals surface area contributed by atoms with Crippen molar-refractivity contribution in [1.82, 2.24) is 10.3 Å². The van der Waals surface area contributed by atoms with Crippen molar-refractivity contribution in [3.8, 4) is 0 Å². The molecule has 1 aromatic heterocycles. The summed E-state index contributed by atoms with van der Waals surface area (Å²) < 4.78 is 0. The molecule has 1 heterocycles. The van der Waals surface area contributed by atoms with Crippen molar-refractivity contribution >= 4 is 17.5 Å². The van der Waals surface area contributed by atoms with E-state index in [9.17, 15) is 9.59 Å². The van der Waals surface area contributed by atoms with Gasteiger partial charge in [-0.25, -0.2) is 0 Å². The van der Waals surface area contributed by atoms with E-state index in [4.69, 9.17) is 0 Å². The summed E-state index contributed by atoms with van der Waals surface area (Å²) >= 11 is 0. The molecule has 0 bridgehead atoms. The molecule has 2 aromatic rings. The second kappa shape index (κ2) is 7.25. The van der Waals surface area contributed by atoms with Gasteiger partial charge in [0.1, 0.15) is 5.69 Å². The van der Waals surface area contributed by atoms with Crippen molar-refractivity contribution in [2.75, 3.05) is 5.32 Å². The van der Waals surface area contributed by atoms with Gasteiger partial charge in [-0.2, -0.15) is 0 Å². The molecule has 0 aliphatic rings. The third kappa shape index (κ3) is 4.91. The maximum atomic E-state index is 12.4. The van der Waals surface area contributed by atoms with Gasteiger partial charge in [-0.3, -0.25) is 14.6 Å². The number of carbonyl (C=O) groups excluding carboxylic acids is 2. The molecule has 2 rings (SSSR count). The first-order valence-electron chi connectivity index (χ1n) is 7.97. The van der Waals surface area contributed by atoms with Gasteiger partial charge in [0.2, 0.25) is 0 Å². The summed E-state index contributed by atoms with van der Waals surface area (Å²) in [6.07, 6.45) is 2.41. The number of carbonyl (C=O) groups is 2. The number of nitrogens with zero attached hydrogens (tertiary/aromatic N) is 1. The normalized spacial score (nSPS) is 11.0. The topological polar surface area (TPSA) is 71.1 Å². The number of anilines is 1. The Kier molecular flexibility index (Phi) is 5.34. The van der Waals surface area contributed by atoms with E-state index < -0.39 is 0 Å². The van der Waals surface area contributed by atoms with Crippen molar-refractivity contribution in [1.29, 1.82) is 0 Å². The SMILES string of the molecule is CCc1ccc(NC(=O)c2ccnc(C(=O)NC(C)(C)C)c2)cc1. The molecule has 0 fully saturated rings. The Balaban J connectivity index is 2.12. The molecular weight excluding hydrogens is 302 g/mol. The van der Waals surface area contributed by atoms with E-state index in [1.165, 1.54) is 17.8 Å². The molecule has 0 spiro atoms. The van der Waals surface area contributed by atoms with Crippen LogP contribution in [0.3, 0.4) is 0 Å². The van der Waals surface area contributed by atoms with E-state index in [1.807, 2.05) is 45.0 Å². The predicted octanol–water partition coefficient (Wildman–Crippen LogP) is 3.42. The van der Waals surface area contributed by atoms with Crippen molar-refractivity contribution in [2.45, 2.75) is 39.7 Å². The molecule has 2 amide bonds. The molecule has 126 valence electrons. The lowest BCUT2D eigenvalue weighted by Gasteiger charge is -2.20. The van der Waals surface area contributed by atoms with Gasteiger partial charge in [0.05, 0.1) is 0 Å². The lowest BCUT2D eigenvalue weighted by molar-refractivity contribution is 0.0914. The van der Waals surface area contributed by atoms with Crippen LogP contribution in [0.4, 0.5) is 5.69 Å². The summed E-state index contributed by atoms with van der Waals surface area (Å²) in [5.74, 6) is -0.573. The van der Waals surface area contributed by atoms with Crippen LogP contribution in [-0.2, 0) is 6.42 Å². The fourth-order valence-electron chi connectivity index (χ4n) is 2.13. The zero-order valence-electron chi connectivity index (χ0n) is 14.5. The van der Waals surface area contributed by atoms with Crippen LogP contribution in [0.1, 0.15) is 54.1 Å². The Morgan fingerprint density at radius 3 is 2.29 bits per heavy atom.